The molecule has 0 aliphatic carbocycles. The Morgan fingerprint density at radius 3 is 2.49 bits per heavy atom. The van der Waals surface area contributed by atoms with Gasteiger partial charge in [-0.2, -0.15) is 0 Å². The van der Waals surface area contributed by atoms with Crippen molar-refractivity contribution in [3.05, 3.63) is 48.7 Å². The van der Waals surface area contributed by atoms with Gasteiger partial charge < -0.3 is 34.6 Å². The Labute approximate surface area is 202 Å². The molecule has 1 aliphatic heterocycles. The zero-order valence-electron chi connectivity index (χ0n) is 19.7. The van der Waals surface area contributed by atoms with Gasteiger partial charge in [-0.25, -0.2) is 0 Å². The zero-order chi connectivity index (χ0) is 24.5. The van der Waals surface area contributed by atoms with Crippen LogP contribution in [0, 0.1) is 0 Å². The topological polar surface area (TPSA) is 112 Å². The van der Waals surface area contributed by atoms with Gasteiger partial charge in [0.05, 0.1) is 32.7 Å². The highest BCUT2D eigenvalue weighted by Crippen LogP contribution is 2.43. The molecule has 0 saturated heterocycles. The van der Waals surface area contributed by atoms with Crippen LogP contribution in [-0.2, 0) is 4.79 Å². The number of carbonyl (C=O) groups is 1. The van der Waals surface area contributed by atoms with Crippen molar-refractivity contribution < 1.29 is 23.4 Å². The number of benzene rings is 2. The summed E-state index contributed by atoms with van der Waals surface area (Å²) in [5.74, 6) is 2.20. The minimum atomic E-state index is -0.434. The fourth-order valence-corrected chi connectivity index (χ4v) is 4.48. The molecule has 1 aliphatic rings. The van der Waals surface area contributed by atoms with Gasteiger partial charge in [-0.05, 0) is 35.9 Å². The maximum absolute atomic E-state index is 11.6. The zero-order valence-corrected chi connectivity index (χ0v) is 19.7. The molecular formula is C26H26N4O5. The molecule has 0 radical (unpaired) electrons. The summed E-state index contributed by atoms with van der Waals surface area (Å²) in [7, 11) is 4.71. The van der Waals surface area contributed by atoms with Crippen LogP contribution in [0.3, 0.4) is 0 Å². The predicted octanol–water partition coefficient (Wildman–Crippen LogP) is 3.90. The number of nitrogens with two attached hydrogens (primary N) is 1. The van der Waals surface area contributed by atoms with Crippen LogP contribution >= 0.6 is 0 Å². The molecule has 0 amide bonds. The fraction of sp³-hybridized carbons (Fsp3) is 0.231. The van der Waals surface area contributed by atoms with Crippen molar-refractivity contribution in [1.82, 2.24) is 4.98 Å². The fourth-order valence-electron chi connectivity index (χ4n) is 4.48. The lowest BCUT2D eigenvalue weighted by atomic mass is 10.0. The van der Waals surface area contributed by atoms with Gasteiger partial charge in [-0.3, -0.25) is 9.78 Å². The van der Waals surface area contributed by atoms with E-state index in [1.165, 1.54) is 0 Å². The number of rotatable bonds is 8. The van der Waals surface area contributed by atoms with Crippen molar-refractivity contribution in [2.24, 2.45) is 5.73 Å². The normalized spacial score (nSPS) is 14.5. The molecule has 0 fully saturated rings. The number of fused-ring (bicyclic) bond motifs is 2. The van der Waals surface area contributed by atoms with E-state index in [-0.39, 0.29) is 0 Å². The molecule has 3 N–H and O–H groups in total. The van der Waals surface area contributed by atoms with E-state index in [2.05, 4.69) is 10.3 Å². The number of nitrogens with zero attached hydrogens (tertiary/aromatic N) is 2. The number of hydrogen-bond acceptors (Lipinski definition) is 9. The number of furan rings is 1. The Morgan fingerprint density at radius 1 is 1.06 bits per heavy atom. The van der Waals surface area contributed by atoms with Gasteiger partial charge in [0.1, 0.15) is 11.3 Å². The van der Waals surface area contributed by atoms with Crippen molar-refractivity contribution in [3.8, 4) is 39.7 Å². The molecule has 2 aromatic heterocycles. The van der Waals surface area contributed by atoms with Crippen molar-refractivity contribution in [2.45, 2.75) is 6.17 Å². The van der Waals surface area contributed by atoms with E-state index < -0.39 is 6.17 Å². The van der Waals surface area contributed by atoms with E-state index in [0.717, 1.165) is 39.9 Å². The quantitative estimate of drug-likeness (QED) is 0.367. The van der Waals surface area contributed by atoms with E-state index in [1.807, 2.05) is 47.4 Å². The molecule has 5 rings (SSSR count). The first-order valence-electron chi connectivity index (χ1n) is 11.1. The van der Waals surface area contributed by atoms with E-state index in [4.69, 9.17) is 24.4 Å². The Morgan fingerprint density at radius 2 is 1.83 bits per heavy atom. The van der Waals surface area contributed by atoms with Gasteiger partial charge in [0.2, 0.25) is 5.75 Å². The SMILES string of the molecule is COc1cc(-c2cc3nccc(-c4ccc5c(c4)N(CCN)C(C=O)N5)c3o2)cc(OC)c1OC. The van der Waals surface area contributed by atoms with Crippen LogP contribution in [0.15, 0.2) is 53.1 Å². The molecule has 35 heavy (non-hydrogen) atoms. The summed E-state index contributed by atoms with van der Waals surface area (Å²) in [4.78, 5) is 18.0. The number of carbonyl (C=O) groups excluding carboxylic acids is 1. The standard InChI is InChI=1S/C26H26N4O5/c1-32-22-11-16(12-23(33-2)26(22)34-3)21-13-19-25(35-21)17(6-8-28-19)15-4-5-18-20(10-15)30(9-7-27)24(14-31)29-18/h4-6,8,10-14,24,29H,7,9,27H2,1-3H3. The Kier molecular flexibility index (Phi) is 5.92. The predicted molar refractivity (Wildman–Crippen MR) is 134 cm³/mol. The van der Waals surface area contributed by atoms with Crippen LogP contribution in [0.4, 0.5) is 11.4 Å². The lowest BCUT2D eigenvalue weighted by Crippen LogP contribution is -2.40. The maximum atomic E-state index is 11.6. The molecule has 4 aromatic rings. The second-order valence-electron chi connectivity index (χ2n) is 8.04. The number of aromatic nitrogens is 1. The first-order valence-corrected chi connectivity index (χ1v) is 11.1. The molecule has 9 nitrogen and oxygen atoms in total. The number of methoxy groups -OCH3 is 3. The lowest BCUT2D eigenvalue weighted by molar-refractivity contribution is -0.108. The van der Waals surface area contributed by atoms with Crippen LogP contribution in [-0.4, -0.2) is 51.9 Å². The Hall–Kier alpha value is -4.24. The molecule has 2 aromatic carbocycles. The number of aldehydes is 1. The third-order valence-electron chi connectivity index (χ3n) is 6.12. The highest BCUT2D eigenvalue weighted by Gasteiger charge is 2.28. The molecule has 0 bridgehead atoms. The average molecular weight is 475 g/mol. The number of nitrogens with one attached hydrogen (secondary N) is 1. The highest BCUT2D eigenvalue weighted by atomic mass is 16.5. The Bertz CT molecular complexity index is 1380. The van der Waals surface area contributed by atoms with E-state index in [0.29, 0.717) is 41.7 Å². The van der Waals surface area contributed by atoms with E-state index >= 15 is 0 Å². The number of ether oxygens (including phenoxy) is 3. The van der Waals surface area contributed by atoms with Crippen LogP contribution < -0.4 is 30.2 Å². The van der Waals surface area contributed by atoms with Gasteiger partial charge >= 0.3 is 0 Å². The molecule has 0 spiro atoms. The van der Waals surface area contributed by atoms with Gasteiger partial charge in [0, 0.05) is 36.5 Å². The first kappa shape index (κ1) is 22.5. The van der Waals surface area contributed by atoms with E-state index in [9.17, 15) is 4.79 Å². The number of hydrogen-bond donors (Lipinski definition) is 2. The van der Waals surface area contributed by atoms with Gasteiger partial charge in [-0.1, -0.05) is 6.07 Å². The summed E-state index contributed by atoms with van der Waals surface area (Å²) < 4.78 is 22.7. The average Bonchev–Trinajstić information content (AvgIpc) is 3.49. The molecule has 1 unspecified atom stereocenters. The van der Waals surface area contributed by atoms with Gasteiger partial charge in [-0.15, -0.1) is 0 Å². The highest BCUT2D eigenvalue weighted by molar-refractivity contribution is 5.95. The summed E-state index contributed by atoms with van der Waals surface area (Å²) in [6.45, 7) is 0.996. The third kappa shape index (κ3) is 3.79. The van der Waals surface area contributed by atoms with Crippen LogP contribution in [0.2, 0.25) is 0 Å². The molecule has 9 heteroatoms. The van der Waals surface area contributed by atoms with E-state index in [1.54, 1.807) is 27.5 Å². The first-order chi connectivity index (χ1) is 17.1. The van der Waals surface area contributed by atoms with Crippen molar-refractivity contribution in [3.63, 3.8) is 0 Å². The molecule has 3 heterocycles. The van der Waals surface area contributed by atoms with Crippen LogP contribution in [0.1, 0.15) is 0 Å². The minimum absolute atomic E-state index is 0.434. The molecular weight excluding hydrogens is 448 g/mol. The van der Waals surface area contributed by atoms with Crippen molar-refractivity contribution in [2.75, 3.05) is 44.6 Å². The van der Waals surface area contributed by atoms with Crippen LogP contribution in [0.25, 0.3) is 33.6 Å². The molecule has 180 valence electrons. The second-order valence-corrected chi connectivity index (χ2v) is 8.04. The molecule has 0 saturated carbocycles. The maximum Gasteiger partial charge on any atom is 0.203 e. The third-order valence-corrected chi connectivity index (χ3v) is 6.12. The summed E-state index contributed by atoms with van der Waals surface area (Å²) in [6, 6.07) is 13.5. The van der Waals surface area contributed by atoms with Gasteiger partial charge in [0.15, 0.2) is 29.5 Å². The van der Waals surface area contributed by atoms with Gasteiger partial charge in [0.25, 0.3) is 0 Å². The smallest absolute Gasteiger partial charge is 0.203 e. The van der Waals surface area contributed by atoms with Crippen molar-refractivity contribution >= 4 is 28.8 Å². The summed E-state index contributed by atoms with van der Waals surface area (Å²) in [5, 5.41) is 3.22. The van der Waals surface area contributed by atoms with Crippen LogP contribution in [0.5, 0.6) is 17.2 Å². The van der Waals surface area contributed by atoms with Crippen molar-refractivity contribution in [1.29, 1.82) is 0 Å². The summed E-state index contributed by atoms with van der Waals surface area (Å²) in [6.07, 6.45) is 2.20. The number of anilines is 2. The minimum Gasteiger partial charge on any atom is -0.493 e. The lowest BCUT2D eigenvalue weighted by Gasteiger charge is -2.22. The monoisotopic (exact) mass is 474 g/mol. The summed E-state index contributed by atoms with van der Waals surface area (Å²) in [5.41, 5.74) is 11.6. The molecule has 1 atom stereocenters. The largest absolute Gasteiger partial charge is 0.493 e. The summed E-state index contributed by atoms with van der Waals surface area (Å²) >= 11 is 0. The number of pyridine rings is 1. The second kappa shape index (κ2) is 9.19. The Balaban J connectivity index is 1.60.